The summed E-state index contributed by atoms with van der Waals surface area (Å²) in [5, 5.41) is 26.7. The number of carbonyl (C=O) groups is 2. The van der Waals surface area contributed by atoms with E-state index in [9.17, 15) is 23.1 Å². The van der Waals surface area contributed by atoms with Crippen molar-refractivity contribution in [3.05, 3.63) is 53.8 Å². The van der Waals surface area contributed by atoms with Crippen molar-refractivity contribution in [1.29, 1.82) is 0 Å². The number of hydrogen-bond acceptors (Lipinski definition) is 9. The molecule has 0 aliphatic carbocycles. The van der Waals surface area contributed by atoms with Gasteiger partial charge in [-0.1, -0.05) is 11.2 Å². The minimum atomic E-state index is -4.46. The summed E-state index contributed by atoms with van der Waals surface area (Å²) in [6.45, 7) is 3.26. The first-order valence-electron chi connectivity index (χ1n) is 11.3. The van der Waals surface area contributed by atoms with E-state index in [1.54, 1.807) is 24.7 Å². The number of unbranched alkanes of at least 4 members (excludes halogenated alkanes) is 1. The van der Waals surface area contributed by atoms with Crippen LogP contribution >= 0.6 is 0 Å². The second-order valence-corrected chi connectivity index (χ2v) is 10.0. The Morgan fingerprint density at radius 3 is 2.70 bits per heavy atom. The molecule has 0 radical (unpaired) electrons. The molecule has 4 rings (SSSR count). The summed E-state index contributed by atoms with van der Waals surface area (Å²) in [6, 6.07) is 4.64. The van der Waals surface area contributed by atoms with Gasteiger partial charge in [-0.15, -0.1) is 0 Å². The number of nitrogens with zero attached hydrogens (tertiary/aromatic N) is 3. The average Bonchev–Trinajstić information content (AvgIpc) is 3.59. The van der Waals surface area contributed by atoms with Gasteiger partial charge in [0.05, 0.1) is 11.7 Å². The van der Waals surface area contributed by atoms with Gasteiger partial charge in [-0.25, -0.2) is 18.2 Å². The molecule has 15 heteroatoms. The minimum absolute atomic E-state index is 0.0111. The molecule has 0 bridgehead atoms. The third-order valence-electron chi connectivity index (χ3n) is 5.71. The van der Waals surface area contributed by atoms with E-state index in [0.29, 0.717) is 24.4 Å². The quantitative estimate of drug-likeness (QED) is 0.115. The maximum atomic E-state index is 13.3. The first kappa shape index (κ1) is 25.8. The Labute approximate surface area is 211 Å². The Bertz CT molecular complexity index is 1490. The summed E-state index contributed by atoms with van der Waals surface area (Å²) in [6.07, 6.45) is 5.26. The summed E-state index contributed by atoms with van der Waals surface area (Å²) in [5.41, 5.74) is -1.62. The monoisotopic (exact) mass is 530 g/mol. The normalized spacial score (nSPS) is 13.4. The summed E-state index contributed by atoms with van der Waals surface area (Å²) in [7, 11) is -4.46. The second kappa shape index (κ2) is 10.4. The molecule has 0 saturated heterocycles. The van der Waals surface area contributed by atoms with E-state index in [1.807, 2.05) is 0 Å². The standard InChI is InChI=1S/C22H26N8O6S/c1-13-18(14(2)36-29-13)37(34,35)30-22(20(32)33,7-3-4-8-23-21-24-9-10-25-21)27-19(31)15-5-6-16-12-26-28-17(16)11-15/h5-6,9-12,30H,3-4,7-8H2,1-2H3,(H,26,28)(H,27,31)(H,32,33)(H2,23,24,25). The van der Waals surface area contributed by atoms with E-state index in [0.717, 1.165) is 5.39 Å². The number of hydrogen-bond donors (Lipinski definition) is 6. The third-order valence-corrected chi connectivity index (χ3v) is 7.45. The van der Waals surface area contributed by atoms with Crippen LogP contribution in [0.5, 0.6) is 0 Å². The highest BCUT2D eigenvalue weighted by molar-refractivity contribution is 7.89. The van der Waals surface area contributed by atoms with Crippen molar-refractivity contribution in [3.8, 4) is 0 Å². The van der Waals surface area contributed by atoms with Crippen molar-refractivity contribution in [2.24, 2.45) is 0 Å². The lowest BCUT2D eigenvalue weighted by atomic mass is 10.0. The number of aryl methyl sites for hydroxylation is 2. The number of nitrogens with one attached hydrogen (secondary N) is 5. The number of carbonyl (C=O) groups excluding carboxylic acids is 1. The van der Waals surface area contributed by atoms with Crippen LogP contribution in [0.25, 0.3) is 10.9 Å². The van der Waals surface area contributed by atoms with Gasteiger partial charge in [-0.05, 0) is 45.2 Å². The van der Waals surface area contributed by atoms with E-state index in [4.69, 9.17) is 4.52 Å². The molecule has 1 unspecified atom stereocenters. The lowest BCUT2D eigenvalue weighted by Gasteiger charge is -2.31. The van der Waals surface area contributed by atoms with Gasteiger partial charge in [0.1, 0.15) is 10.6 Å². The molecule has 0 aliphatic rings. The number of imidazole rings is 1. The third kappa shape index (κ3) is 5.62. The topological polar surface area (TPSA) is 208 Å². The number of benzene rings is 1. The summed E-state index contributed by atoms with van der Waals surface area (Å²) in [5.74, 6) is -1.82. The van der Waals surface area contributed by atoms with Crippen LogP contribution in [0.2, 0.25) is 0 Å². The Kier molecular flexibility index (Phi) is 7.26. The van der Waals surface area contributed by atoms with Gasteiger partial charge in [0.25, 0.3) is 5.91 Å². The van der Waals surface area contributed by atoms with Crippen LogP contribution in [-0.4, -0.2) is 62.9 Å². The summed E-state index contributed by atoms with van der Waals surface area (Å²) < 4.78 is 33.8. The number of anilines is 1. The van der Waals surface area contributed by atoms with Crippen LogP contribution < -0.4 is 15.4 Å². The van der Waals surface area contributed by atoms with E-state index >= 15 is 0 Å². The SMILES string of the molecule is Cc1noc(C)c1S(=O)(=O)NC(CCCCNc1ncc[nH]1)(NC(=O)c1ccc2cn[nH]c2c1)C(=O)O. The fourth-order valence-electron chi connectivity index (χ4n) is 3.91. The van der Waals surface area contributed by atoms with Crippen LogP contribution in [0.3, 0.4) is 0 Å². The number of amides is 1. The van der Waals surface area contributed by atoms with Crippen LogP contribution in [-0.2, 0) is 14.8 Å². The van der Waals surface area contributed by atoms with Crippen molar-refractivity contribution in [2.45, 2.75) is 43.7 Å². The molecule has 3 heterocycles. The van der Waals surface area contributed by atoms with E-state index < -0.39 is 27.6 Å². The summed E-state index contributed by atoms with van der Waals surface area (Å²) >= 11 is 0. The van der Waals surface area contributed by atoms with E-state index in [-0.39, 0.29) is 34.8 Å². The smallest absolute Gasteiger partial charge is 0.345 e. The second-order valence-electron chi connectivity index (χ2n) is 8.42. The Hall–Kier alpha value is -4.24. The van der Waals surface area contributed by atoms with Crippen molar-refractivity contribution >= 4 is 38.8 Å². The molecule has 196 valence electrons. The maximum Gasteiger partial charge on any atom is 0.345 e. The molecular weight excluding hydrogens is 504 g/mol. The van der Waals surface area contributed by atoms with E-state index in [1.165, 1.54) is 26.0 Å². The Balaban J connectivity index is 1.60. The fraction of sp³-hybridized carbons (Fsp3) is 0.318. The number of aliphatic carboxylic acids is 1. The molecule has 1 amide bonds. The summed E-state index contributed by atoms with van der Waals surface area (Å²) in [4.78, 5) is 32.4. The zero-order chi connectivity index (χ0) is 26.6. The molecular formula is C22H26N8O6S. The molecule has 14 nitrogen and oxygen atoms in total. The molecule has 1 atom stereocenters. The van der Waals surface area contributed by atoms with Gasteiger partial charge in [0.15, 0.2) is 11.7 Å². The predicted molar refractivity (Wildman–Crippen MR) is 131 cm³/mol. The molecule has 0 aliphatic heterocycles. The van der Waals surface area contributed by atoms with Gasteiger partial charge in [-0.2, -0.15) is 9.82 Å². The van der Waals surface area contributed by atoms with Gasteiger partial charge < -0.3 is 25.2 Å². The zero-order valence-electron chi connectivity index (χ0n) is 20.0. The number of rotatable bonds is 12. The number of aromatic nitrogens is 5. The fourth-order valence-corrected chi connectivity index (χ4v) is 5.55. The minimum Gasteiger partial charge on any atom is -0.478 e. The highest BCUT2D eigenvalue weighted by atomic mass is 32.2. The van der Waals surface area contributed by atoms with E-state index in [2.05, 4.69) is 40.7 Å². The lowest BCUT2D eigenvalue weighted by Crippen LogP contribution is -2.65. The van der Waals surface area contributed by atoms with Crippen molar-refractivity contribution in [3.63, 3.8) is 0 Å². The molecule has 6 N–H and O–H groups in total. The van der Waals surface area contributed by atoms with Crippen LogP contribution in [0.4, 0.5) is 5.95 Å². The van der Waals surface area contributed by atoms with Crippen molar-refractivity contribution < 1.29 is 27.6 Å². The number of carboxylic acids is 1. The first-order valence-corrected chi connectivity index (χ1v) is 12.8. The highest BCUT2D eigenvalue weighted by Gasteiger charge is 2.45. The van der Waals surface area contributed by atoms with Crippen LogP contribution in [0.15, 0.2) is 46.2 Å². The number of aromatic amines is 2. The molecule has 0 spiro atoms. The maximum absolute atomic E-state index is 13.3. The van der Waals surface area contributed by atoms with Crippen molar-refractivity contribution in [2.75, 3.05) is 11.9 Å². The lowest BCUT2D eigenvalue weighted by molar-refractivity contribution is -0.145. The average molecular weight is 531 g/mol. The number of fused-ring (bicyclic) bond motifs is 1. The molecule has 1 aromatic carbocycles. The van der Waals surface area contributed by atoms with Gasteiger partial charge in [0, 0.05) is 29.9 Å². The van der Waals surface area contributed by atoms with Crippen LogP contribution in [0.1, 0.15) is 41.1 Å². The van der Waals surface area contributed by atoms with Crippen LogP contribution in [0, 0.1) is 13.8 Å². The molecule has 0 saturated carbocycles. The predicted octanol–water partition coefficient (Wildman–Crippen LogP) is 1.66. The molecule has 4 aromatic rings. The number of sulfonamides is 1. The number of carboxylic acid groups (broad SMARTS) is 1. The number of H-pyrrole nitrogens is 2. The molecule has 0 fully saturated rings. The van der Waals surface area contributed by atoms with Gasteiger partial charge in [-0.3, -0.25) is 9.89 Å². The van der Waals surface area contributed by atoms with Crippen molar-refractivity contribution in [1.82, 2.24) is 35.4 Å². The first-order chi connectivity index (χ1) is 17.6. The Morgan fingerprint density at radius 1 is 1.22 bits per heavy atom. The van der Waals surface area contributed by atoms with Gasteiger partial charge >= 0.3 is 5.97 Å². The molecule has 3 aromatic heterocycles. The largest absolute Gasteiger partial charge is 0.478 e. The van der Waals surface area contributed by atoms with Gasteiger partial charge in [0.2, 0.25) is 15.7 Å². The molecule has 37 heavy (non-hydrogen) atoms. The highest BCUT2D eigenvalue weighted by Crippen LogP contribution is 2.23. The zero-order valence-corrected chi connectivity index (χ0v) is 20.8. The Morgan fingerprint density at radius 2 is 2.03 bits per heavy atom.